The van der Waals surface area contributed by atoms with E-state index in [2.05, 4.69) is 16.0 Å². The molecule has 0 saturated carbocycles. The number of amides is 4. The molecule has 0 spiro atoms. The van der Waals surface area contributed by atoms with Crippen LogP contribution in [0.1, 0.15) is 43.0 Å². The zero-order valence-corrected chi connectivity index (χ0v) is 16.9. The van der Waals surface area contributed by atoms with Crippen molar-refractivity contribution in [1.82, 2.24) is 10.2 Å². The van der Waals surface area contributed by atoms with E-state index in [1.807, 2.05) is 35.2 Å². The Bertz CT molecular complexity index is 932. The molecule has 2 aliphatic heterocycles. The van der Waals surface area contributed by atoms with Gasteiger partial charge in [-0.15, -0.1) is 0 Å². The van der Waals surface area contributed by atoms with Crippen LogP contribution in [0.5, 0.6) is 0 Å². The van der Waals surface area contributed by atoms with Crippen LogP contribution in [0.15, 0.2) is 54.6 Å². The number of anilines is 2. The lowest BCUT2D eigenvalue weighted by Crippen LogP contribution is -2.54. The van der Waals surface area contributed by atoms with Crippen LogP contribution in [0.2, 0.25) is 0 Å². The minimum Gasteiger partial charge on any atom is -0.335 e. The number of hydrogen-bond acceptors (Lipinski definition) is 3. The number of hydrogen-bond donors (Lipinski definition) is 3. The minimum absolute atomic E-state index is 0.0353. The van der Waals surface area contributed by atoms with Crippen LogP contribution in [-0.2, 0) is 0 Å². The predicted molar refractivity (Wildman–Crippen MR) is 116 cm³/mol. The number of carbonyl (C=O) groups is 3. The Balaban J connectivity index is 1.34. The SMILES string of the molecule is CC(=O)c1cccc(NC(=O)N2[C@@H]3CC[C@@H]2CC(NC(=O)Nc2ccccc2)C3)c1. The quantitative estimate of drug-likeness (QED) is 0.664. The fourth-order valence-corrected chi connectivity index (χ4v) is 4.50. The van der Waals surface area contributed by atoms with Gasteiger partial charge in [-0.05, 0) is 56.9 Å². The molecular formula is C23H26N4O3. The van der Waals surface area contributed by atoms with Crippen LogP contribution < -0.4 is 16.0 Å². The molecule has 156 valence electrons. The van der Waals surface area contributed by atoms with Gasteiger partial charge in [0.05, 0.1) is 0 Å². The van der Waals surface area contributed by atoms with Crippen LogP contribution in [0, 0.1) is 0 Å². The maximum Gasteiger partial charge on any atom is 0.322 e. The zero-order valence-electron chi connectivity index (χ0n) is 16.9. The molecule has 2 saturated heterocycles. The van der Waals surface area contributed by atoms with Gasteiger partial charge in [-0.1, -0.05) is 30.3 Å². The van der Waals surface area contributed by atoms with Crippen LogP contribution in [0.3, 0.4) is 0 Å². The highest BCUT2D eigenvalue weighted by atomic mass is 16.2. The Morgan fingerprint density at radius 2 is 1.53 bits per heavy atom. The van der Waals surface area contributed by atoms with Crippen molar-refractivity contribution in [2.75, 3.05) is 10.6 Å². The average molecular weight is 406 g/mol. The molecule has 0 unspecified atom stereocenters. The maximum atomic E-state index is 12.9. The summed E-state index contributed by atoms with van der Waals surface area (Å²) in [5, 5.41) is 8.83. The van der Waals surface area contributed by atoms with Crippen molar-refractivity contribution in [2.45, 2.75) is 50.7 Å². The molecule has 4 amide bonds. The lowest BCUT2D eigenvalue weighted by atomic mass is 9.98. The summed E-state index contributed by atoms with van der Waals surface area (Å²) in [4.78, 5) is 38.7. The molecule has 0 aliphatic carbocycles. The van der Waals surface area contributed by atoms with E-state index in [1.165, 1.54) is 6.92 Å². The predicted octanol–water partition coefficient (Wildman–Crippen LogP) is 4.24. The molecule has 30 heavy (non-hydrogen) atoms. The van der Waals surface area contributed by atoms with E-state index in [-0.39, 0.29) is 36.0 Å². The van der Waals surface area contributed by atoms with E-state index in [0.29, 0.717) is 11.3 Å². The second-order valence-electron chi connectivity index (χ2n) is 7.99. The van der Waals surface area contributed by atoms with Gasteiger partial charge in [0.25, 0.3) is 0 Å². The van der Waals surface area contributed by atoms with Crippen molar-refractivity contribution >= 4 is 29.2 Å². The summed E-state index contributed by atoms with van der Waals surface area (Å²) in [5.74, 6) is -0.0353. The molecule has 0 aromatic heterocycles. The van der Waals surface area contributed by atoms with E-state index in [9.17, 15) is 14.4 Å². The maximum absolute atomic E-state index is 12.9. The Labute approximate surface area is 175 Å². The number of rotatable bonds is 4. The highest BCUT2D eigenvalue weighted by molar-refractivity contribution is 5.97. The van der Waals surface area contributed by atoms with Crippen LogP contribution in [0.25, 0.3) is 0 Å². The third kappa shape index (κ3) is 4.45. The standard InChI is InChI=1S/C23H26N4O3/c1-15(28)16-6-5-9-18(12-16)26-23(30)27-20-10-11-21(27)14-19(13-20)25-22(29)24-17-7-3-2-4-8-17/h2-9,12,19-21H,10-11,13-14H2,1H3,(H,26,30)(H2,24,25,29)/t20-,21-/m1/s1. The van der Waals surface area contributed by atoms with Gasteiger partial charge in [0.15, 0.2) is 5.78 Å². The Hall–Kier alpha value is -3.35. The van der Waals surface area contributed by atoms with E-state index >= 15 is 0 Å². The van der Waals surface area contributed by atoms with Crippen molar-refractivity contribution in [1.29, 1.82) is 0 Å². The molecule has 3 N–H and O–H groups in total. The van der Waals surface area contributed by atoms with Gasteiger partial charge in [-0.2, -0.15) is 0 Å². The van der Waals surface area contributed by atoms with Gasteiger partial charge in [0.2, 0.25) is 0 Å². The molecule has 2 atom stereocenters. The summed E-state index contributed by atoms with van der Waals surface area (Å²) >= 11 is 0. The first-order chi connectivity index (χ1) is 14.5. The number of urea groups is 2. The molecule has 2 fully saturated rings. The number of nitrogens with zero attached hydrogens (tertiary/aromatic N) is 1. The van der Waals surface area contributed by atoms with Crippen molar-refractivity contribution in [3.63, 3.8) is 0 Å². The summed E-state index contributed by atoms with van der Waals surface area (Å²) in [7, 11) is 0. The Kier molecular flexibility index (Phi) is 5.70. The smallest absolute Gasteiger partial charge is 0.322 e. The van der Waals surface area contributed by atoms with Gasteiger partial charge in [0.1, 0.15) is 0 Å². The van der Waals surface area contributed by atoms with Gasteiger partial charge >= 0.3 is 12.1 Å². The number of para-hydroxylation sites is 1. The lowest BCUT2D eigenvalue weighted by Gasteiger charge is -2.39. The zero-order chi connectivity index (χ0) is 21.1. The fraction of sp³-hybridized carbons (Fsp3) is 0.348. The minimum atomic E-state index is -0.218. The van der Waals surface area contributed by atoms with E-state index in [1.54, 1.807) is 24.3 Å². The fourth-order valence-electron chi connectivity index (χ4n) is 4.50. The van der Waals surface area contributed by atoms with Crippen LogP contribution in [-0.4, -0.2) is 40.9 Å². The number of carbonyl (C=O) groups excluding carboxylic acids is 3. The largest absolute Gasteiger partial charge is 0.335 e. The molecule has 0 radical (unpaired) electrons. The molecule has 7 heteroatoms. The second-order valence-corrected chi connectivity index (χ2v) is 7.99. The molecule has 2 heterocycles. The summed E-state index contributed by atoms with van der Waals surface area (Å²) in [6, 6.07) is 16.2. The first-order valence-corrected chi connectivity index (χ1v) is 10.3. The average Bonchev–Trinajstić information content (AvgIpc) is 3.00. The third-order valence-corrected chi connectivity index (χ3v) is 5.85. The number of nitrogens with one attached hydrogen (secondary N) is 3. The number of piperidine rings is 1. The van der Waals surface area contributed by atoms with Gasteiger partial charge in [-0.3, -0.25) is 4.79 Å². The summed E-state index contributed by atoms with van der Waals surface area (Å²) in [6.45, 7) is 1.51. The summed E-state index contributed by atoms with van der Waals surface area (Å²) in [6.07, 6.45) is 3.34. The highest BCUT2D eigenvalue weighted by Crippen LogP contribution is 2.36. The molecular weight excluding hydrogens is 380 g/mol. The van der Waals surface area contributed by atoms with Crippen molar-refractivity contribution < 1.29 is 14.4 Å². The van der Waals surface area contributed by atoms with Gasteiger partial charge in [-0.25, -0.2) is 9.59 Å². The van der Waals surface area contributed by atoms with E-state index in [0.717, 1.165) is 31.4 Å². The number of ketones is 1. The molecule has 2 aromatic carbocycles. The Morgan fingerprint density at radius 1 is 0.867 bits per heavy atom. The van der Waals surface area contributed by atoms with Gasteiger partial charge < -0.3 is 20.9 Å². The van der Waals surface area contributed by atoms with Gasteiger partial charge in [0, 0.05) is 35.1 Å². The summed E-state index contributed by atoms with van der Waals surface area (Å²) < 4.78 is 0. The monoisotopic (exact) mass is 406 g/mol. The summed E-state index contributed by atoms with van der Waals surface area (Å²) in [5.41, 5.74) is 1.94. The lowest BCUT2D eigenvalue weighted by molar-refractivity contribution is 0.101. The third-order valence-electron chi connectivity index (χ3n) is 5.85. The first kappa shape index (κ1) is 19.9. The molecule has 2 bridgehead atoms. The van der Waals surface area contributed by atoms with Crippen molar-refractivity contribution in [2.24, 2.45) is 0 Å². The van der Waals surface area contributed by atoms with E-state index in [4.69, 9.17) is 0 Å². The highest BCUT2D eigenvalue weighted by Gasteiger charge is 2.43. The molecule has 2 aliphatic rings. The molecule has 4 rings (SSSR count). The first-order valence-electron chi connectivity index (χ1n) is 10.3. The van der Waals surface area contributed by atoms with Crippen LogP contribution >= 0.6 is 0 Å². The second kappa shape index (κ2) is 8.57. The number of fused-ring (bicyclic) bond motifs is 2. The van der Waals surface area contributed by atoms with Crippen molar-refractivity contribution in [3.05, 3.63) is 60.2 Å². The van der Waals surface area contributed by atoms with E-state index < -0.39 is 0 Å². The topological polar surface area (TPSA) is 90.5 Å². The molecule has 7 nitrogen and oxygen atoms in total. The normalized spacial score (nSPS) is 22.3. The number of Topliss-reactive ketones (excluding diaryl/α,β-unsaturated/α-hetero) is 1. The Morgan fingerprint density at radius 3 is 2.20 bits per heavy atom. The number of benzene rings is 2. The van der Waals surface area contributed by atoms with Crippen molar-refractivity contribution in [3.8, 4) is 0 Å². The van der Waals surface area contributed by atoms with Crippen LogP contribution in [0.4, 0.5) is 21.0 Å². The molecule has 2 aromatic rings.